The molecular formula is C11H24N2O. The van der Waals surface area contributed by atoms with Crippen LogP contribution in [0.15, 0.2) is 0 Å². The van der Waals surface area contributed by atoms with Gasteiger partial charge in [0, 0.05) is 19.2 Å². The number of rotatable bonds is 6. The third-order valence-electron chi connectivity index (χ3n) is 2.96. The van der Waals surface area contributed by atoms with Crippen molar-refractivity contribution in [2.45, 2.75) is 45.3 Å². The molecule has 1 fully saturated rings. The molecule has 1 aliphatic heterocycles. The number of hydrogen-bond donors (Lipinski definition) is 2. The van der Waals surface area contributed by atoms with Crippen LogP contribution in [0.25, 0.3) is 0 Å². The molecule has 0 aromatic carbocycles. The lowest BCUT2D eigenvalue weighted by Crippen LogP contribution is -2.41. The van der Waals surface area contributed by atoms with E-state index in [1.807, 2.05) is 0 Å². The van der Waals surface area contributed by atoms with E-state index in [2.05, 4.69) is 19.2 Å². The van der Waals surface area contributed by atoms with Crippen molar-refractivity contribution >= 4 is 0 Å². The van der Waals surface area contributed by atoms with Crippen molar-refractivity contribution in [2.75, 3.05) is 19.7 Å². The minimum Gasteiger partial charge on any atom is -0.378 e. The van der Waals surface area contributed by atoms with Crippen molar-refractivity contribution in [1.29, 1.82) is 0 Å². The monoisotopic (exact) mass is 200 g/mol. The van der Waals surface area contributed by atoms with Crippen molar-refractivity contribution in [2.24, 2.45) is 11.7 Å². The third kappa shape index (κ3) is 3.95. The molecule has 0 amide bonds. The zero-order valence-electron chi connectivity index (χ0n) is 9.46. The Labute approximate surface area is 87.4 Å². The maximum absolute atomic E-state index is 5.67. The fourth-order valence-electron chi connectivity index (χ4n) is 1.89. The summed E-state index contributed by atoms with van der Waals surface area (Å²) in [6.07, 6.45) is 4.09. The summed E-state index contributed by atoms with van der Waals surface area (Å²) in [6, 6.07) is 0.455. The smallest absolute Gasteiger partial charge is 0.0588 e. The van der Waals surface area contributed by atoms with Gasteiger partial charge in [-0.1, -0.05) is 13.8 Å². The molecular weight excluding hydrogens is 176 g/mol. The maximum Gasteiger partial charge on any atom is 0.0588 e. The minimum absolute atomic E-state index is 0.455. The van der Waals surface area contributed by atoms with Crippen LogP contribution in [0.5, 0.6) is 0 Å². The van der Waals surface area contributed by atoms with Gasteiger partial charge in [-0.05, 0) is 31.7 Å². The summed E-state index contributed by atoms with van der Waals surface area (Å²) in [5.74, 6) is 0.615. The first kappa shape index (κ1) is 12.0. The highest BCUT2D eigenvalue weighted by molar-refractivity contribution is 4.73. The van der Waals surface area contributed by atoms with Crippen LogP contribution in [-0.4, -0.2) is 31.8 Å². The van der Waals surface area contributed by atoms with E-state index in [-0.39, 0.29) is 0 Å². The zero-order valence-corrected chi connectivity index (χ0v) is 9.46. The molecule has 0 bridgehead atoms. The summed E-state index contributed by atoms with van der Waals surface area (Å²) in [5.41, 5.74) is 5.67. The third-order valence-corrected chi connectivity index (χ3v) is 2.96. The normalized spacial score (nSPS) is 24.4. The SMILES string of the molecule is CC(C)C(CN)NCCC1CCCO1. The Bertz CT molecular complexity index is 144. The Kier molecular flexibility index (Phi) is 5.45. The molecule has 1 heterocycles. The van der Waals surface area contributed by atoms with Crippen molar-refractivity contribution < 1.29 is 4.74 Å². The molecule has 1 saturated heterocycles. The van der Waals surface area contributed by atoms with E-state index in [1.54, 1.807) is 0 Å². The Morgan fingerprint density at radius 3 is 2.79 bits per heavy atom. The van der Waals surface area contributed by atoms with E-state index in [0.29, 0.717) is 18.1 Å². The number of nitrogens with two attached hydrogens (primary N) is 1. The van der Waals surface area contributed by atoms with Gasteiger partial charge < -0.3 is 15.8 Å². The second kappa shape index (κ2) is 6.38. The number of ether oxygens (including phenoxy) is 1. The van der Waals surface area contributed by atoms with E-state index in [4.69, 9.17) is 10.5 Å². The van der Waals surface area contributed by atoms with E-state index in [0.717, 1.165) is 26.1 Å². The Balaban J connectivity index is 2.06. The molecule has 2 atom stereocenters. The zero-order chi connectivity index (χ0) is 10.4. The molecule has 3 nitrogen and oxygen atoms in total. The molecule has 0 aromatic heterocycles. The Morgan fingerprint density at radius 1 is 1.50 bits per heavy atom. The topological polar surface area (TPSA) is 47.3 Å². The average Bonchev–Trinajstić information content (AvgIpc) is 2.64. The second-order valence-corrected chi connectivity index (χ2v) is 4.46. The quantitative estimate of drug-likeness (QED) is 0.675. The molecule has 2 unspecified atom stereocenters. The second-order valence-electron chi connectivity index (χ2n) is 4.46. The average molecular weight is 200 g/mol. The number of hydrogen-bond acceptors (Lipinski definition) is 3. The summed E-state index contributed by atoms with van der Waals surface area (Å²) in [5, 5.41) is 3.49. The van der Waals surface area contributed by atoms with Gasteiger partial charge in [-0.3, -0.25) is 0 Å². The summed E-state index contributed by atoms with van der Waals surface area (Å²) in [4.78, 5) is 0. The molecule has 84 valence electrons. The maximum atomic E-state index is 5.67. The van der Waals surface area contributed by atoms with E-state index >= 15 is 0 Å². The first-order valence-electron chi connectivity index (χ1n) is 5.79. The van der Waals surface area contributed by atoms with Gasteiger partial charge in [-0.2, -0.15) is 0 Å². The van der Waals surface area contributed by atoms with Gasteiger partial charge in [0.25, 0.3) is 0 Å². The molecule has 0 saturated carbocycles. The molecule has 1 aliphatic rings. The summed E-state index contributed by atoms with van der Waals surface area (Å²) >= 11 is 0. The predicted molar refractivity (Wildman–Crippen MR) is 59.3 cm³/mol. The summed E-state index contributed by atoms with van der Waals surface area (Å²) in [7, 11) is 0. The largest absolute Gasteiger partial charge is 0.378 e. The van der Waals surface area contributed by atoms with Crippen molar-refractivity contribution in [1.82, 2.24) is 5.32 Å². The van der Waals surface area contributed by atoms with E-state index in [9.17, 15) is 0 Å². The predicted octanol–water partition coefficient (Wildman–Crippen LogP) is 1.13. The molecule has 0 spiro atoms. The van der Waals surface area contributed by atoms with Crippen LogP contribution < -0.4 is 11.1 Å². The molecule has 3 N–H and O–H groups in total. The molecule has 0 aromatic rings. The van der Waals surface area contributed by atoms with Gasteiger partial charge in [-0.25, -0.2) is 0 Å². The van der Waals surface area contributed by atoms with Crippen LogP contribution >= 0.6 is 0 Å². The standard InChI is InChI=1S/C11H24N2O/c1-9(2)11(8-12)13-6-5-10-4-3-7-14-10/h9-11,13H,3-8,12H2,1-2H3. The molecule has 0 aliphatic carbocycles. The van der Waals surface area contributed by atoms with Crippen molar-refractivity contribution in [3.05, 3.63) is 0 Å². The highest BCUT2D eigenvalue weighted by Gasteiger charge is 2.16. The molecule has 0 radical (unpaired) electrons. The first-order valence-corrected chi connectivity index (χ1v) is 5.79. The van der Waals surface area contributed by atoms with Crippen molar-refractivity contribution in [3.63, 3.8) is 0 Å². The van der Waals surface area contributed by atoms with Crippen LogP contribution in [0.1, 0.15) is 33.1 Å². The van der Waals surface area contributed by atoms with Crippen LogP contribution in [0.4, 0.5) is 0 Å². The van der Waals surface area contributed by atoms with Gasteiger partial charge in [0.15, 0.2) is 0 Å². The lowest BCUT2D eigenvalue weighted by atomic mass is 10.0. The Hall–Kier alpha value is -0.120. The van der Waals surface area contributed by atoms with E-state index < -0.39 is 0 Å². The summed E-state index contributed by atoms with van der Waals surface area (Å²) in [6.45, 7) is 7.12. The van der Waals surface area contributed by atoms with Crippen LogP contribution in [0, 0.1) is 5.92 Å². The molecule has 14 heavy (non-hydrogen) atoms. The fraction of sp³-hybridized carbons (Fsp3) is 1.00. The van der Waals surface area contributed by atoms with Crippen molar-refractivity contribution in [3.8, 4) is 0 Å². The van der Waals surface area contributed by atoms with E-state index in [1.165, 1.54) is 12.8 Å². The minimum atomic E-state index is 0.455. The van der Waals surface area contributed by atoms with Gasteiger partial charge in [0.05, 0.1) is 6.10 Å². The van der Waals surface area contributed by atoms with Crippen LogP contribution in [-0.2, 0) is 4.74 Å². The fourth-order valence-corrected chi connectivity index (χ4v) is 1.89. The van der Waals surface area contributed by atoms with Crippen LogP contribution in [0.2, 0.25) is 0 Å². The number of nitrogens with one attached hydrogen (secondary N) is 1. The van der Waals surface area contributed by atoms with Gasteiger partial charge >= 0.3 is 0 Å². The van der Waals surface area contributed by atoms with Crippen LogP contribution in [0.3, 0.4) is 0 Å². The first-order chi connectivity index (χ1) is 6.74. The van der Waals surface area contributed by atoms with Gasteiger partial charge in [-0.15, -0.1) is 0 Å². The highest BCUT2D eigenvalue weighted by atomic mass is 16.5. The van der Waals surface area contributed by atoms with Gasteiger partial charge in [0.2, 0.25) is 0 Å². The lowest BCUT2D eigenvalue weighted by Gasteiger charge is -2.21. The molecule has 1 rings (SSSR count). The molecule has 3 heteroatoms. The highest BCUT2D eigenvalue weighted by Crippen LogP contribution is 2.14. The summed E-state index contributed by atoms with van der Waals surface area (Å²) < 4.78 is 5.56. The Morgan fingerprint density at radius 2 is 2.29 bits per heavy atom. The lowest BCUT2D eigenvalue weighted by molar-refractivity contribution is 0.103. The van der Waals surface area contributed by atoms with Gasteiger partial charge in [0.1, 0.15) is 0 Å².